The predicted octanol–water partition coefficient (Wildman–Crippen LogP) is 3.30. The number of nitrogens with one attached hydrogen (secondary N) is 1. The number of anilines is 1. The molecule has 0 aromatic heterocycles. The summed E-state index contributed by atoms with van der Waals surface area (Å²) in [5.74, 6) is -0.444. The zero-order chi connectivity index (χ0) is 12.2. The van der Waals surface area contributed by atoms with Crippen LogP contribution < -0.4 is 5.32 Å². The van der Waals surface area contributed by atoms with E-state index in [2.05, 4.69) is 5.32 Å². The van der Waals surface area contributed by atoms with Crippen LogP contribution in [-0.4, -0.2) is 18.3 Å². The highest BCUT2D eigenvalue weighted by Gasteiger charge is 2.21. The summed E-state index contributed by atoms with van der Waals surface area (Å²) in [6, 6.07) is 4.83. The van der Waals surface area contributed by atoms with Gasteiger partial charge in [0.1, 0.15) is 0 Å². The fourth-order valence-corrected chi connectivity index (χ4v) is 1.42. The summed E-state index contributed by atoms with van der Waals surface area (Å²) in [5, 5.41) is 12.3. The van der Waals surface area contributed by atoms with Gasteiger partial charge in [0.25, 0.3) is 0 Å². The Morgan fingerprint density at radius 3 is 2.75 bits per heavy atom. The molecular formula is C12H17ClFNO. The summed E-state index contributed by atoms with van der Waals surface area (Å²) in [7, 11) is 0. The third kappa shape index (κ3) is 3.09. The number of aliphatic hydroxyl groups excluding tert-OH is 1. The van der Waals surface area contributed by atoms with Crippen LogP contribution in [0.4, 0.5) is 10.1 Å². The molecule has 0 aliphatic carbocycles. The van der Waals surface area contributed by atoms with E-state index in [1.807, 2.05) is 13.8 Å². The second-order valence-corrected chi connectivity index (χ2v) is 4.68. The van der Waals surface area contributed by atoms with Gasteiger partial charge >= 0.3 is 0 Å². The molecule has 2 nitrogen and oxygen atoms in total. The van der Waals surface area contributed by atoms with E-state index in [9.17, 15) is 9.50 Å². The van der Waals surface area contributed by atoms with Crippen molar-refractivity contribution in [1.29, 1.82) is 0 Å². The van der Waals surface area contributed by atoms with E-state index >= 15 is 0 Å². The first-order valence-electron chi connectivity index (χ1n) is 5.31. The fraction of sp³-hybridized carbons (Fsp3) is 0.500. The Balaban J connectivity index is 2.71. The van der Waals surface area contributed by atoms with Crippen LogP contribution in [-0.2, 0) is 0 Å². The summed E-state index contributed by atoms with van der Waals surface area (Å²) >= 11 is 5.67. The summed E-state index contributed by atoms with van der Waals surface area (Å²) in [6.45, 7) is 4.52. The maximum Gasteiger partial charge on any atom is 0.164 e. The van der Waals surface area contributed by atoms with Gasteiger partial charge in [0, 0.05) is 12.0 Å². The van der Waals surface area contributed by atoms with E-state index in [1.54, 1.807) is 12.1 Å². The maximum absolute atomic E-state index is 13.5. The minimum absolute atomic E-state index is 0.0681. The molecule has 1 atom stereocenters. The van der Waals surface area contributed by atoms with Crippen molar-refractivity contribution in [3.8, 4) is 0 Å². The minimum Gasteiger partial charge on any atom is -0.396 e. The quantitative estimate of drug-likeness (QED) is 0.834. The Morgan fingerprint density at radius 1 is 1.50 bits per heavy atom. The molecule has 0 radical (unpaired) electrons. The van der Waals surface area contributed by atoms with Crippen molar-refractivity contribution in [2.45, 2.75) is 20.3 Å². The number of aliphatic hydroxyl groups is 1. The van der Waals surface area contributed by atoms with Gasteiger partial charge in [0.15, 0.2) is 5.82 Å². The normalized spacial score (nSPS) is 14.6. The van der Waals surface area contributed by atoms with Gasteiger partial charge in [-0.3, -0.25) is 0 Å². The molecule has 0 heterocycles. The molecule has 1 unspecified atom stereocenters. The van der Waals surface area contributed by atoms with Crippen LogP contribution in [0, 0.1) is 11.2 Å². The number of halogens is 2. The molecule has 0 amide bonds. The molecule has 1 rings (SSSR count). The topological polar surface area (TPSA) is 32.3 Å². The second kappa shape index (κ2) is 5.51. The van der Waals surface area contributed by atoms with Crippen LogP contribution >= 0.6 is 11.6 Å². The fourth-order valence-electron chi connectivity index (χ4n) is 1.24. The Bertz CT molecular complexity index is 353. The average Bonchev–Trinajstić information content (AvgIpc) is 2.31. The largest absolute Gasteiger partial charge is 0.396 e. The summed E-state index contributed by atoms with van der Waals surface area (Å²) in [6.07, 6.45) is 0.818. The van der Waals surface area contributed by atoms with E-state index in [0.29, 0.717) is 12.2 Å². The first kappa shape index (κ1) is 13.3. The lowest BCUT2D eigenvalue weighted by atomic mass is 9.88. The maximum atomic E-state index is 13.5. The second-order valence-electron chi connectivity index (χ2n) is 4.28. The van der Waals surface area contributed by atoms with Crippen molar-refractivity contribution < 1.29 is 9.50 Å². The molecule has 1 aromatic carbocycles. The Kier molecular flexibility index (Phi) is 4.56. The standard InChI is InChI=1S/C12H17ClFNO/c1-3-12(2,8-16)7-15-10-6-4-5-9(13)11(10)14/h4-6,15-16H,3,7-8H2,1-2H3. The van der Waals surface area contributed by atoms with Crippen molar-refractivity contribution in [1.82, 2.24) is 0 Å². The van der Waals surface area contributed by atoms with Gasteiger partial charge in [-0.15, -0.1) is 0 Å². The number of rotatable bonds is 5. The van der Waals surface area contributed by atoms with Crippen molar-refractivity contribution in [3.63, 3.8) is 0 Å². The molecule has 0 saturated carbocycles. The zero-order valence-electron chi connectivity index (χ0n) is 9.56. The Hall–Kier alpha value is -0.800. The van der Waals surface area contributed by atoms with Crippen LogP contribution in [0.2, 0.25) is 5.02 Å². The summed E-state index contributed by atoms with van der Waals surface area (Å²) in [5.41, 5.74) is 0.134. The first-order valence-corrected chi connectivity index (χ1v) is 5.69. The lowest BCUT2D eigenvalue weighted by Gasteiger charge is -2.26. The third-order valence-corrected chi connectivity index (χ3v) is 3.18. The molecule has 0 aliphatic rings. The Labute approximate surface area is 100 Å². The molecule has 90 valence electrons. The van der Waals surface area contributed by atoms with Crippen molar-refractivity contribution >= 4 is 17.3 Å². The third-order valence-electron chi connectivity index (χ3n) is 2.89. The summed E-state index contributed by atoms with van der Waals surface area (Å²) in [4.78, 5) is 0. The van der Waals surface area contributed by atoms with Crippen molar-refractivity contribution in [3.05, 3.63) is 29.0 Å². The lowest BCUT2D eigenvalue weighted by molar-refractivity contribution is 0.149. The van der Waals surface area contributed by atoms with E-state index < -0.39 is 5.82 Å². The van der Waals surface area contributed by atoms with Crippen LogP contribution in [0.5, 0.6) is 0 Å². The van der Waals surface area contributed by atoms with Crippen LogP contribution in [0.1, 0.15) is 20.3 Å². The summed E-state index contributed by atoms with van der Waals surface area (Å²) < 4.78 is 13.5. The number of hydrogen-bond donors (Lipinski definition) is 2. The zero-order valence-corrected chi connectivity index (χ0v) is 10.3. The molecule has 1 aromatic rings. The van der Waals surface area contributed by atoms with Gasteiger partial charge in [0.05, 0.1) is 17.3 Å². The van der Waals surface area contributed by atoms with E-state index in [-0.39, 0.29) is 17.0 Å². The smallest absolute Gasteiger partial charge is 0.164 e. The van der Waals surface area contributed by atoms with Gasteiger partial charge < -0.3 is 10.4 Å². The van der Waals surface area contributed by atoms with Gasteiger partial charge in [0.2, 0.25) is 0 Å². The molecule has 16 heavy (non-hydrogen) atoms. The highest BCUT2D eigenvalue weighted by molar-refractivity contribution is 6.31. The van der Waals surface area contributed by atoms with E-state index in [4.69, 9.17) is 11.6 Å². The van der Waals surface area contributed by atoms with E-state index in [1.165, 1.54) is 6.07 Å². The molecule has 4 heteroatoms. The van der Waals surface area contributed by atoms with Crippen LogP contribution in [0.15, 0.2) is 18.2 Å². The molecule has 0 saturated heterocycles. The van der Waals surface area contributed by atoms with Gasteiger partial charge in [-0.05, 0) is 18.6 Å². The van der Waals surface area contributed by atoms with Crippen LogP contribution in [0.25, 0.3) is 0 Å². The highest BCUT2D eigenvalue weighted by atomic mass is 35.5. The van der Waals surface area contributed by atoms with Crippen molar-refractivity contribution in [2.75, 3.05) is 18.5 Å². The van der Waals surface area contributed by atoms with Crippen molar-refractivity contribution in [2.24, 2.45) is 5.41 Å². The number of hydrogen-bond acceptors (Lipinski definition) is 2. The van der Waals surface area contributed by atoms with Crippen LogP contribution in [0.3, 0.4) is 0 Å². The first-order chi connectivity index (χ1) is 7.52. The lowest BCUT2D eigenvalue weighted by Crippen LogP contribution is -2.29. The SMILES string of the molecule is CCC(C)(CO)CNc1cccc(Cl)c1F. The molecule has 2 N–H and O–H groups in total. The Morgan fingerprint density at radius 2 is 2.19 bits per heavy atom. The predicted molar refractivity (Wildman–Crippen MR) is 65.4 cm³/mol. The molecule has 0 fully saturated rings. The molecular weight excluding hydrogens is 229 g/mol. The highest BCUT2D eigenvalue weighted by Crippen LogP contribution is 2.25. The van der Waals surface area contributed by atoms with Gasteiger partial charge in [-0.25, -0.2) is 4.39 Å². The monoisotopic (exact) mass is 245 g/mol. The van der Waals surface area contributed by atoms with Gasteiger partial charge in [-0.1, -0.05) is 31.5 Å². The minimum atomic E-state index is -0.444. The van der Waals surface area contributed by atoms with E-state index in [0.717, 1.165) is 6.42 Å². The number of benzene rings is 1. The molecule has 0 bridgehead atoms. The molecule has 0 aliphatic heterocycles. The van der Waals surface area contributed by atoms with Gasteiger partial charge in [-0.2, -0.15) is 0 Å². The molecule has 0 spiro atoms. The average molecular weight is 246 g/mol.